The first-order chi connectivity index (χ1) is 6.90. The van der Waals surface area contributed by atoms with Crippen molar-refractivity contribution >= 4 is 17.8 Å². The fourth-order valence-corrected chi connectivity index (χ4v) is 0.983. The van der Waals surface area contributed by atoms with Gasteiger partial charge in [-0.2, -0.15) is 0 Å². The zero-order chi connectivity index (χ0) is 12.0. The molecule has 0 aromatic heterocycles. The molecule has 0 saturated heterocycles. The molecule has 1 atom stereocenters. The van der Waals surface area contributed by atoms with Crippen LogP contribution in [-0.2, 0) is 14.4 Å². The molecule has 0 aliphatic rings. The Morgan fingerprint density at radius 2 is 1.93 bits per heavy atom. The standard InChI is InChI=1S/C9H16N2O4/c1-4-10-7(12)5-11(3)8(13)6(2)9(14)15/h6H,4-5H2,1-3H3,(H,10,12)(H,14,15). The van der Waals surface area contributed by atoms with Gasteiger partial charge in [0.2, 0.25) is 11.8 Å². The molecule has 0 aliphatic heterocycles. The quantitative estimate of drug-likeness (QED) is 0.595. The molecular weight excluding hydrogens is 200 g/mol. The lowest BCUT2D eigenvalue weighted by molar-refractivity contribution is -0.150. The van der Waals surface area contributed by atoms with Crippen molar-refractivity contribution in [3.8, 4) is 0 Å². The fraction of sp³-hybridized carbons (Fsp3) is 0.667. The van der Waals surface area contributed by atoms with Gasteiger partial charge >= 0.3 is 5.97 Å². The largest absolute Gasteiger partial charge is 0.481 e. The summed E-state index contributed by atoms with van der Waals surface area (Å²) in [5, 5.41) is 11.1. The van der Waals surface area contributed by atoms with Crippen LogP contribution in [0.15, 0.2) is 0 Å². The Bertz CT molecular complexity index is 265. The van der Waals surface area contributed by atoms with Crippen molar-refractivity contribution in [3.05, 3.63) is 0 Å². The number of carboxylic acids is 1. The Labute approximate surface area is 88.2 Å². The number of rotatable bonds is 5. The van der Waals surface area contributed by atoms with Crippen LogP contribution in [0.5, 0.6) is 0 Å². The molecule has 0 fully saturated rings. The number of carboxylic acid groups (broad SMARTS) is 1. The zero-order valence-corrected chi connectivity index (χ0v) is 9.11. The average Bonchev–Trinajstić information content (AvgIpc) is 2.15. The van der Waals surface area contributed by atoms with E-state index in [1.54, 1.807) is 6.92 Å². The van der Waals surface area contributed by atoms with Crippen molar-refractivity contribution in [2.75, 3.05) is 20.1 Å². The van der Waals surface area contributed by atoms with Gasteiger partial charge in [0.15, 0.2) is 0 Å². The van der Waals surface area contributed by atoms with Crippen molar-refractivity contribution < 1.29 is 19.5 Å². The first-order valence-electron chi connectivity index (χ1n) is 4.64. The molecule has 1 unspecified atom stereocenters. The third-order valence-electron chi connectivity index (χ3n) is 1.87. The van der Waals surface area contributed by atoms with Gasteiger partial charge in [-0.05, 0) is 13.8 Å². The number of hydrogen-bond acceptors (Lipinski definition) is 3. The lowest BCUT2D eigenvalue weighted by Crippen LogP contribution is -2.42. The molecular formula is C9H16N2O4. The molecule has 2 N–H and O–H groups in total. The Morgan fingerprint density at radius 3 is 2.33 bits per heavy atom. The van der Waals surface area contributed by atoms with Crippen molar-refractivity contribution in [2.45, 2.75) is 13.8 Å². The zero-order valence-electron chi connectivity index (χ0n) is 9.11. The molecule has 2 amide bonds. The maximum Gasteiger partial charge on any atom is 0.315 e. The number of nitrogens with one attached hydrogen (secondary N) is 1. The first kappa shape index (κ1) is 13.4. The summed E-state index contributed by atoms with van der Waals surface area (Å²) in [4.78, 5) is 34.1. The monoisotopic (exact) mass is 216 g/mol. The summed E-state index contributed by atoms with van der Waals surface area (Å²) in [5.74, 6) is -3.19. The van der Waals surface area contributed by atoms with E-state index in [-0.39, 0.29) is 12.5 Å². The van der Waals surface area contributed by atoms with E-state index < -0.39 is 17.8 Å². The first-order valence-corrected chi connectivity index (χ1v) is 4.64. The molecule has 0 heterocycles. The molecule has 0 rings (SSSR count). The van der Waals surface area contributed by atoms with Gasteiger partial charge in [-0.1, -0.05) is 0 Å². The van der Waals surface area contributed by atoms with Crippen molar-refractivity contribution in [1.29, 1.82) is 0 Å². The maximum atomic E-state index is 11.4. The van der Waals surface area contributed by atoms with Crippen LogP contribution in [0.3, 0.4) is 0 Å². The number of hydrogen-bond donors (Lipinski definition) is 2. The third-order valence-corrected chi connectivity index (χ3v) is 1.87. The van der Waals surface area contributed by atoms with Gasteiger partial charge in [-0.15, -0.1) is 0 Å². The van der Waals surface area contributed by atoms with Crippen LogP contribution < -0.4 is 5.32 Å². The summed E-state index contributed by atoms with van der Waals surface area (Å²) in [7, 11) is 1.40. The average molecular weight is 216 g/mol. The lowest BCUT2D eigenvalue weighted by Gasteiger charge is -2.18. The maximum absolute atomic E-state index is 11.4. The minimum Gasteiger partial charge on any atom is -0.481 e. The highest BCUT2D eigenvalue weighted by molar-refractivity contribution is 5.97. The summed E-state index contributed by atoms with van der Waals surface area (Å²) in [6, 6.07) is 0. The van der Waals surface area contributed by atoms with Crippen molar-refractivity contribution in [2.24, 2.45) is 5.92 Å². The van der Waals surface area contributed by atoms with Crippen LogP contribution in [0, 0.1) is 5.92 Å². The van der Waals surface area contributed by atoms with E-state index in [1.807, 2.05) is 0 Å². The van der Waals surface area contributed by atoms with Gasteiger partial charge in [0, 0.05) is 13.6 Å². The summed E-state index contributed by atoms with van der Waals surface area (Å²) in [6.07, 6.45) is 0. The Kier molecular flexibility index (Phi) is 5.36. The second-order valence-corrected chi connectivity index (χ2v) is 3.21. The highest BCUT2D eigenvalue weighted by Crippen LogP contribution is 2.00. The minimum absolute atomic E-state index is 0.121. The molecule has 0 spiro atoms. The predicted octanol–water partition coefficient (Wildman–Crippen LogP) is -0.698. The molecule has 6 heteroatoms. The van der Waals surface area contributed by atoms with E-state index in [4.69, 9.17) is 5.11 Å². The van der Waals surface area contributed by atoms with Gasteiger partial charge in [-0.25, -0.2) is 0 Å². The number of likely N-dealkylation sites (N-methyl/N-ethyl adjacent to an activating group) is 2. The van der Waals surface area contributed by atoms with E-state index in [0.29, 0.717) is 6.54 Å². The summed E-state index contributed by atoms with van der Waals surface area (Å²) >= 11 is 0. The molecule has 0 aromatic carbocycles. The Hall–Kier alpha value is -1.59. The molecule has 0 saturated carbocycles. The van der Waals surface area contributed by atoms with Crippen LogP contribution >= 0.6 is 0 Å². The number of carbonyl (C=O) groups is 3. The highest BCUT2D eigenvalue weighted by Gasteiger charge is 2.24. The summed E-state index contributed by atoms with van der Waals surface area (Å²) in [6.45, 7) is 3.41. The summed E-state index contributed by atoms with van der Waals surface area (Å²) < 4.78 is 0. The number of carbonyl (C=O) groups excluding carboxylic acids is 2. The van der Waals surface area contributed by atoms with Gasteiger partial charge < -0.3 is 15.3 Å². The Balaban J connectivity index is 4.21. The third kappa shape index (κ3) is 4.44. The van der Waals surface area contributed by atoms with Crippen LogP contribution in [0.1, 0.15) is 13.8 Å². The van der Waals surface area contributed by atoms with Gasteiger partial charge in [0.05, 0.1) is 6.54 Å². The molecule has 86 valence electrons. The SMILES string of the molecule is CCNC(=O)CN(C)C(=O)C(C)C(=O)O. The topological polar surface area (TPSA) is 86.7 Å². The highest BCUT2D eigenvalue weighted by atomic mass is 16.4. The van der Waals surface area contributed by atoms with Gasteiger partial charge in [-0.3, -0.25) is 14.4 Å². The van der Waals surface area contributed by atoms with Crippen molar-refractivity contribution in [3.63, 3.8) is 0 Å². The second-order valence-electron chi connectivity index (χ2n) is 3.21. The van der Waals surface area contributed by atoms with E-state index in [1.165, 1.54) is 14.0 Å². The van der Waals surface area contributed by atoms with Gasteiger partial charge in [0.1, 0.15) is 5.92 Å². The lowest BCUT2D eigenvalue weighted by atomic mass is 10.1. The van der Waals surface area contributed by atoms with E-state index in [2.05, 4.69) is 5.32 Å². The van der Waals surface area contributed by atoms with E-state index in [9.17, 15) is 14.4 Å². The predicted molar refractivity (Wildman–Crippen MR) is 53.1 cm³/mol. The van der Waals surface area contributed by atoms with Crippen LogP contribution in [0.25, 0.3) is 0 Å². The molecule has 0 radical (unpaired) electrons. The van der Waals surface area contributed by atoms with Crippen LogP contribution in [0.4, 0.5) is 0 Å². The molecule has 6 nitrogen and oxygen atoms in total. The summed E-state index contributed by atoms with van der Waals surface area (Å²) in [5.41, 5.74) is 0. The normalized spacial score (nSPS) is 11.7. The Morgan fingerprint density at radius 1 is 1.40 bits per heavy atom. The molecule has 0 aliphatic carbocycles. The number of aliphatic carboxylic acids is 1. The van der Waals surface area contributed by atoms with Crippen LogP contribution in [-0.4, -0.2) is 47.9 Å². The van der Waals surface area contributed by atoms with E-state index >= 15 is 0 Å². The van der Waals surface area contributed by atoms with E-state index in [0.717, 1.165) is 4.90 Å². The van der Waals surface area contributed by atoms with Gasteiger partial charge in [0.25, 0.3) is 0 Å². The smallest absolute Gasteiger partial charge is 0.315 e. The van der Waals surface area contributed by atoms with Crippen LogP contribution in [0.2, 0.25) is 0 Å². The minimum atomic E-state index is -1.19. The second kappa shape index (κ2) is 6.00. The fourth-order valence-electron chi connectivity index (χ4n) is 0.983. The molecule has 0 aromatic rings. The number of nitrogens with zero attached hydrogens (tertiary/aromatic N) is 1. The molecule has 0 bridgehead atoms. The number of amides is 2. The van der Waals surface area contributed by atoms with Crippen molar-refractivity contribution in [1.82, 2.24) is 10.2 Å². The molecule has 15 heavy (non-hydrogen) atoms.